The van der Waals surface area contributed by atoms with Gasteiger partial charge in [0.2, 0.25) is 5.91 Å². The number of alkyl halides is 3. The molecule has 1 aromatic rings. The maximum Gasteiger partial charge on any atom is 0.416 e. The molecule has 1 amide bonds. The highest BCUT2D eigenvalue weighted by atomic mass is 19.4. The van der Waals surface area contributed by atoms with Gasteiger partial charge in [-0.1, -0.05) is 18.9 Å². The number of hydrogen-bond acceptors (Lipinski definition) is 3. The van der Waals surface area contributed by atoms with Gasteiger partial charge in [0.1, 0.15) is 0 Å². The van der Waals surface area contributed by atoms with E-state index in [1.165, 1.54) is 31.4 Å². The zero-order valence-corrected chi connectivity index (χ0v) is 16.8. The SMILES string of the molecule is O=C1NC2CCCCC2C1CCCN1CCN(c2cccc(C(F)(F)F)c2)CC1. The van der Waals surface area contributed by atoms with Crippen LogP contribution in [0.25, 0.3) is 0 Å². The minimum absolute atomic E-state index is 0.173. The van der Waals surface area contributed by atoms with Crippen molar-refractivity contribution in [1.82, 2.24) is 10.2 Å². The molecule has 2 saturated heterocycles. The second kappa shape index (κ2) is 8.54. The van der Waals surface area contributed by atoms with Crippen molar-refractivity contribution >= 4 is 11.6 Å². The molecule has 1 saturated carbocycles. The molecule has 1 aromatic carbocycles. The van der Waals surface area contributed by atoms with E-state index in [-0.39, 0.29) is 11.8 Å². The van der Waals surface area contributed by atoms with Crippen LogP contribution < -0.4 is 10.2 Å². The molecule has 2 aliphatic heterocycles. The Kier molecular flexibility index (Phi) is 6.04. The molecular weight excluding hydrogens is 379 g/mol. The molecule has 0 bridgehead atoms. The van der Waals surface area contributed by atoms with Crippen LogP contribution in [-0.4, -0.2) is 49.6 Å². The molecule has 1 aliphatic carbocycles. The molecule has 3 aliphatic rings. The third-order valence-electron chi connectivity index (χ3n) is 6.90. The number of nitrogens with zero attached hydrogens (tertiary/aromatic N) is 2. The number of rotatable bonds is 5. The number of amides is 1. The number of halogens is 3. The Bertz CT molecular complexity index is 715. The fraction of sp³-hybridized carbons (Fsp3) is 0.682. The molecule has 3 fully saturated rings. The van der Waals surface area contributed by atoms with Gasteiger partial charge in [-0.05, 0) is 56.3 Å². The predicted octanol–water partition coefficient (Wildman–Crippen LogP) is 3.91. The molecule has 0 aromatic heterocycles. The molecule has 0 radical (unpaired) electrons. The van der Waals surface area contributed by atoms with Gasteiger partial charge < -0.3 is 10.2 Å². The lowest BCUT2D eigenvalue weighted by Crippen LogP contribution is -2.46. The summed E-state index contributed by atoms with van der Waals surface area (Å²) in [6.07, 6.45) is 2.41. The van der Waals surface area contributed by atoms with E-state index in [0.717, 1.165) is 58.1 Å². The van der Waals surface area contributed by atoms with Gasteiger partial charge in [-0.25, -0.2) is 0 Å². The zero-order valence-electron chi connectivity index (χ0n) is 16.8. The van der Waals surface area contributed by atoms with Crippen LogP contribution in [0.5, 0.6) is 0 Å². The molecule has 4 nitrogen and oxygen atoms in total. The van der Waals surface area contributed by atoms with E-state index < -0.39 is 11.7 Å². The second-order valence-electron chi connectivity index (χ2n) is 8.69. The first-order chi connectivity index (χ1) is 13.9. The number of fused-ring (bicyclic) bond motifs is 1. The van der Waals surface area contributed by atoms with E-state index in [4.69, 9.17) is 0 Å². The van der Waals surface area contributed by atoms with Crippen molar-refractivity contribution in [3.8, 4) is 0 Å². The fourth-order valence-corrected chi connectivity index (χ4v) is 5.29. The van der Waals surface area contributed by atoms with Gasteiger partial charge in [0.25, 0.3) is 0 Å². The van der Waals surface area contributed by atoms with Crippen molar-refractivity contribution in [2.45, 2.75) is 50.7 Å². The molecule has 7 heteroatoms. The number of hydrogen-bond donors (Lipinski definition) is 1. The van der Waals surface area contributed by atoms with Crippen LogP contribution in [0, 0.1) is 11.8 Å². The number of benzene rings is 1. The average molecular weight is 409 g/mol. The number of anilines is 1. The lowest BCUT2D eigenvalue weighted by atomic mass is 9.78. The van der Waals surface area contributed by atoms with E-state index in [1.807, 2.05) is 4.90 Å². The Morgan fingerprint density at radius 3 is 2.59 bits per heavy atom. The Labute approximate surface area is 170 Å². The normalized spacial score (nSPS) is 28.3. The summed E-state index contributed by atoms with van der Waals surface area (Å²) in [4.78, 5) is 16.7. The predicted molar refractivity (Wildman–Crippen MR) is 107 cm³/mol. The fourth-order valence-electron chi connectivity index (χ4n) is 5.29. The number of nitrogens with one attached hydrogen (secondary N) is 1. The summed E-state index contributed by atoms with van der Waals surface area (Å²) in [5.41, 5.74) is 0.0544. The molecule has 160 valence electrons. The summed E-state index contributed by atoms with van der Waals surface area (Å²) in [6, 6.07) is 6.00. The van der Waals surface area contributed by atoms with Crippen molar-refractivity contribution < 1.29 is 18.0 Å². The van der Waals surface area contributed by atoms with Crippen LogP contribution in [-0.2, 0) is 11.0 Å². The molecule has 3 atom stereocenters. The molecule has 2 heterocycles. The van der Waals surface area contributed by atoms with Gasteiger partial charge in [0, 0.05) is 43.8 Å². The first-order valence-electron chi connectivity index (χ1n) is 10.9. The van der Waals surface area contributed by atoms with Gasteiger partial charge in [-0.3, -0.25) is 9.69 Å². The minimum atomic E-state index is -4.30. The number of carbonyl (C=O) groups excluding carboxylic acids is 1. The highest BCUT2D eigenvalue weighted by molar-refractivity contribution is 5.81. The maximum atomic E-state index is 12.9. The highest BCUT2D eigenvalue weighted by Gasteiger charge is 2.42. The zero-order chi connectivity index (χ0) is 20.4. The van der Waals surface area contributed by atoms with Gasteiger partial charge in [-0.15, -0.1) is 0 Å². The van der Waals surface area contributed by atoms with E-state index in [2.05, 4.69) is 10.2 Å². The number of piperazine rings is 1. The Morgan fingerprint density at radius 2 is 1.83 bits per heavy atom. The minimum Gasteiger partial charge on any atom is -0.369 e. The Hall–Kier alpha value is -1.76. The van der Waals surface area contributed by atoms with Crippen LogP contribution in [0.2, 0.25) is 0 Å². The molecular formula is C22H30F3N3O. The lowest BCUT2D eigenvalue weighted by molar-refractivity contribution is -0.137. The topological polar surface area (TPSA) is 35.6 Å². The molecule has 29 heavy (non-hydrogen) atoms. The smallest absolute Gasteiger partial charge is 0.369 e. The van der Waals surface area contributed by atoms with Gasteiger partial charge in [-0.2, -0.15) is 13.2 Å². The monoisotopic (exact) mass is 409 g/mol. The summed E-state index contributed by atoms with van der Waals surface area (Å²) >= 11 is 0. The number of carbonyl (C=O) groups is 1. The largest absolute Gasteiger partial charge is 0.416 e. The lowest BCUT2D eigenvalue weighted by Gasteiger charge is -2.36. The van der Waals surface area contributed by atoms with Crippen LogP contribution in [0.4, 0.5) is 18.9 Å². The summed E-state index contributed by atoms with van der Waals surface area (Å²) in [5, 5.41) is 3.19. The highest BCUT2D eigenvalue weighted by Crippen LogP contribution is 2.37. The van der Waals surface area contributed by atoms with Gasteiger partial charge >= 0.3 is 6.18 Å². The van der Waals surface area contributed by atoms with Crippen LogP contribution in [0.15, 0.2) is 24.3 Å². The third-order valence-corrected chi connectivity index (χ3v) is 6.90. The summed E-state index contributed by atoms with van der Waals surface area (Å²) in [7, 11) is 0. The van der Waals surface area contributed by atoms with Crippen LogP contribution in [0.1, 0.15) is 44.1 Å². The Balaban J connectivity index is 1.23. The first kappa shape index (κ1) is 20.5. The molecule has 4 rings (SSSR count). The van der Waals surface area contributed by atoms with Crippen molar-refractivity contribution in [2.75, 3.05) is 37.6 Å². The first-order valence-corrected chi connectivity index (χ1v) is 10.9. The van der Waals surface area contributed by atoms with E-state index >= 15 is 0 Å². The summed E-state index contributed by atoms with van der Waals surface area (Å²) in [5.74, 6) is 0.942. The molecule has 0 spiro atoms. The van der Waals surface area contributed by atoms with Crippen molar-refractivity contribution in [1.29, 1.82) is 0 Å². The van der Waals surface area contributed by atoms with Gasteiger partial charge in [0.05, 0.1) is 5.56 Å². The second-order valence-corrected chi connectivity index (χ2v) is 8.69. The van der Waals surface area contributed by atoms with Crippen molar-refractivity contribution in [2.24, 2.45) is 11.8 Å². The standard InChI is InChI=1S/C22H30F3N3O/c23-22(24,25)16-5-3-6-17(15-16)28-13-11-27(12-14-28)10-4-8-19-18-7-1-2-9-20(18)26-21(19)29/h3,5-6,15,18-20H,1-2,4,7-14H2,(H,26,29). The summed E-state index contributed by atoms with van der Waals surface area (Å²) < 4.78 is 38.8. The molecule has 1 N–H and O–H groups in total. The van der Waals surface area contributed by atoms with E-state index in [0.29, 0.717) is 17.6 Å². The van der Waals surface area contributed by atoms with Crippen LogP contribution in [0.3, 0.4) is 0 Å². The third kappa shape index (κ3) is 4.71. The van der Waals surface area contributed by atoms with Gasteiger partial charge in [0.15, 0.2) is 0 Å². The molecule has 3 unspecified atom stereocenters. The summed E-state index contributed by atoms with van der Waals surface area (Å²) in [6.45, 7) is 4.11. The maximum absolute atomic E-state index is 12.9. The average Bonchev–Trinajstić information content (AvgIpc) is 3.03. The van der Waals surface area contributed by atoms with Crippen molar-refractivity contribution in [3.63, 3.8) is 0 Å². The van der Waals surface area contributed by atoms with Crippen LogP contribution >= 0.6 is 0 Å². The van der Waals surface area contributed by atoms with E-state index in [9.17, 15) is 18.0 Å². The van der Waals surface area contributed by atoms with E-state index in [1.54, 1.807) is 6.07 Å². The van der Waals surface area contributed by atoms with Crippen molar-refractivity contribution in [3.05, 3.63) is 29.8 Å². The quantitative estimate of drug-likeness (QED) is 0.801. The Morgan fingerprint density at radius 1 is 1.07 bits per heavy atom.